The second kappa shape index (κ2) is 5.12. The highest BCUT2D eigenvalue weighted by Gasteiger charge is 2.25. The quantitative estimate of drug-likeness (QED) is 0.897. The maximum Gasteiger partial charge on any atom is 0.407 e. The first-order valence-corrected chi connectivity index (χ1v) is 5.50. The Morgan fingerprint density at radius 3 is 2.61 bits per heavy atom. The van der Waals surface area contributed by atoms with Gasteiger partial charge in [0.25, 0.3) is 0 Å². The predicted octanol–water partition coefficient (Wildman–Crippen LogP) is 2.01. The maximum absolute atomic E-state index is 13.9. The van der Waals surface area contributed by atoms with E-state index in [1.54, 1.807) is 0 Å². The molecule has 0 saturated carbocycles. The average Bonchev–Trinajstić information content (AvgIpc) is 2.38. The fraction of sp³-hybridized carbons (Fsp3) is 0.417. The molecule has 1 aromatic rings. The van der Waals surface area contributed by atoms with Crippen molar-refractivity contribution in [3.63, 3.8) is 0 Å². The summed E-state index contributed by atoms with van der Waals surface area (Å²) in [5.41, 5.74) is 0.365. The summed E-state index contributed by atoms with van der Waals surface area (Å²) in [6.45, 7) is 0.268. The number of amides is 1. The fourth-order valence-corrected chi connectivity index (χ4v) is 1.90. The van der Waals surface area contributed by atoms with E-state index in [1.165, 1.54) is 26.4 Å². The number of hydrogen-bond donors (Lipinski definition) is 1. The number of halogens is 1. The van der Waals surface area contributed by atoms with E-state index >= 15 is 0 Å². The van der Waals surface area contributed by atoms with Gasteiger partial charge < -0.3 is 19.5 Å². The number of methoxy groups -OCH3 is 2. The van der Waals surface area contributed by atoms with Crippen LogP contribution in [-0.2, 0) is 4.74 Å². The van der Waals surface area contributed by atoms with Crippen molar-refractivity contribution < 1.29 is 23.4 Å². The van der Waals surface area contributed by atoms with Gasteiger partial charge in [0.05, 0.1) is 26.9 Å². The monoisotopic (exact) mass is 255 g/mol. The molecule has 1 aliphatic heterocycles. The normalized spacial score (nSPS) is 18.8. The van der Waals surface area contributed by atoms with Crippen LogP contribution in [0.15, 0.2) is 12.1 Å². The summed E-state index contributed by atoms with van der Waals surface area (Å²) >= 11 is 0. The van der Waals surface area contributed by atoms with Crippen LogP contribution < -0.4 is 14.8 Å². The molecule has 1 saturated heterocycles. The van der Waals surface area contributed by atoms with E-state index in [9.17, 15) is 9.18 Å². The van der Waals surface area contributed by atoms with Gasteiger partial charge in [0.15, 0.2) is 11.5 Å². The van der Waals surface area contributed by atoms with E-state index in [2.05, 4.69) is 5.32 Å². The number of rotatable bonds is 3. The minimum Gasteiger partial charge on any atom is -0.493 e. The van der Waals surface area contributed by atoms with Crippen LogP contribution in [0.3, 0.4) is 0 Å². The summed E-state index contributed by atoms with van der Waals surface area (Å²) in [6.07, 6.45) is -0.0292. The van der Waals surface area contributed by atoms with E-state index < -0.39 is 18.0 Å². The molecule has 5 nitrogen and oxygen atoms in total. The molecule has 1 N–H and O–H groups in total. The zero-order valence-corrected chi connectivity index (χ0v) is 10.2. The number of hydrogen-bond acceptors (Lipinski definition) is 4. The second-order valence-electron chi connectivity index (χ2n) is 3.85. The molecule has 1 aliphatic rings. The molecule has 0 aliphatic carbocycles. The highest BCUT2D eigenvalue weighted by atomic mass is 19.1. The van der Waals surface area contributed by atoms with Crippen molar-refractivity contribution in [2.45, 2.75) is 12.5 Å². The van der Waals surface area contributed by atoms with Crippen molar-refractivity contribution >= 4 is 6.09 Å². The molecular weight excluding hydrogens is 241 g/mol. The maximum atomic E-state index is 13.9. The molecule has 0 spiro atoms. The van der Waals surface area contributed by atoms with E-state index in [4.69, 9.17) is 14.2 Å². The Kier molecular flexibility index (Phi) is 3.55. The molecule has 0 unspecified atom stereocenters. The molecule has 1 amide bonds. The number of carbonyl (C=O) groups excluding carboxylic acids is 1. The van der Waals surface area contributed by atoms with E-state index in [0.717, 1.165) is 0 Å². The molecule has 1 aromatic carbocycles. The topological polar surface area (TPSA) is 56.8 Å². The van der Waals surface area contributed by atoms with E-state index in [-0.39, 0.29) is 6.61 Å². The van der Waals surface area contributed by atoms with Gasteiger partial charge in [-0.15, -0.1) is 0 Å². The van der Waals surface area contributed by atoms with Crippen LogP contribution in [0.4, 0.5) is 9.18 Å². The van der Waals surface area contributed by atoms with Crippen LogP contribution >= 0.6 is 0 Å². The fourth-order valence-electron chi connectivity index (χ4n) is 1.90. The molecule has 1 heterocycles. The summed E-state index contributed by atoms with van der Waals surface area (Å²) < 4.78 is 28.8. The van der Waals surface area contributed by atoms with E-state index in [0.29, 0.717) is 23.5 Å². The van der Waals surface area contributed by atoms with Gasteiger partial charge in [-0.05, 0) is 6.07 Å². The van der Waals surface area contributed by atoms with Crippen molar-refractivity contribution in [3.8, 4) is 11.5 Å². The number of benzene rings is 1. The Hall–Kier alpha value is -1.98. The largest absolute Gasteiger partial charge is 0.493 e. The minimum absolute atomic E-state index is 0.268. The smallest absolute Gasteiger partial charge is 0.407 e. The molecule has 0 radical (unpaired) electrons. The van der Waals surface area contributed by atoms with Crippen molar-refractivity contribution in [1.82, 2.24) is 5.32 Å². The van der Waals surface area contributed by atoms with Crippen molar-refractivity contribution in [2.24, 2.45) is 0 Å². The molecule has 18 heavy (non-hydrogen) atoms. The Bertz CT molecular complexity index is 464. The number of cyclic esters (lactones) is 1. The molecule has 0 aromatic heterocycles. The first-order chi connectivity index (χ1) is 8.65. The van der Waals surface area contributed by atoms with Crippen LogP contribution in [0.5, 0.6) is 11.5 Å². The molecule has 98 valence electrons. The summed E-state index contributed by atoms with van der Waals surface area (Å²) in [5.74, 6) is 0.298. The Balaban J connectivity index is 2.34. The number of alkyl carbamates (subject to hydrolysis) is 1. The number of nitrogens with one attached hydrogen (secondary N) is 1. The second-order valence-corrected chi connectivity index (χ2v) is 3.85. The summed E-state index contributed by atoms with van der Waals surface area (Å²) in [5, 5.41) is 2.56. The van der Waals surface area contributed by atoms with Crippen molar-refractivity contribution in [2.75, 3.05) is 20.8 Å². The third kappa shape index (κ3) is 2.32. The molecule has 1 atom stereocenters. The molecule has 2 rings (SSSR count). The number of ether oxygens (including phenoxy) is 3. The third-order valence-electron chi connectivity index (χ3n) is 2.81. The van der Waals surface area contributed by atoms with E-state index in [1.807, 2.05) is 0 Å². The summed E-state index contributed by atoms with van der Waals surface area (Å²) in [6, 6.07) is 2.37. The lowest BCUT2D eigenvalue weighted by Crippen LogP contribution is -2.35. The summed E-state index contributed by atoms with van der Waals surface area (Å²) in [4.78, 5) is 11.1. The zero-order valence-electron chi connectivity index (χ0n) is 10.2. The van der Waals surface area contributed by atoms with Crippen LogP contribution in [-0.4, -0.2) is 26.9 Å². The Morgan fingerprint density at radius 2 is 2.00 bits per heavy atom. The predicted molar refractivity (Wildman–Crippen MR) is 61.3 cm³/mol. The molecule has 0 bridgehead atoms. The lowest BCUT2D eigenvalue weighted by atomic mass is 10.0. The van der Waals surface area contributed by atoms with Crippen LogP contribution in [0.2, 0.25) is 0 Å². The van der Waals surface area contributed by atoms with Gasteiger partial charge in [-0.25, -0.2) is 9.18 Å². The third-order valence-corrected chi connectivity index (χ3v) is 2.81. The van der Waals surface area contributed by atoms with Crippen molar-refractivity contribution in [1.29, 1.82) is 0 Å². The standard InChI is InChI=1S/C12H14FNO4/c1-16-10-5-7(8(13)6-11(10)17-2)9-3-4-18-12(15)14-9/h5-6,9H,3-4H2,1-2H3,(H,14,15)/t9-/m1/s1. The first-order valence-electron chi connectivity index (χ1n) is 5.50. The first kappa shape index (κ1) is 12.5. The number of carbonyl (C=O) groups is 1. The summed E-state index contributed by atoms with van der Waals surface area (Å²) in [7, 11) is 2.91. The highest BCUT2D eigenvalue weighted by molar-refractivity contribution is 5.68. The van der Waals surface area contributed by atoms with Crippen molar-refractivity contribution in [3.05, 3.63) is 23.5 Å². The van der Waals surface area contributed by atoms with Gasteiger partial charge in [0.1, 0.15) is 5.82 Å². The minimum atomic E-state index is -0.541. The van der Waals surface area contributed by atoms with Crippen LogP contribution in [0.1, 0.15) is 18.0 Å². The van der Waals surface area contributed by atoms with Crippen LogP contribution in [0, 0.1) is 5.82 Å². The lowest BCUT2D eigenvalue weighted by molar-refractivity contribution is 0.115. The zero-order chi connectivity index (χ0) is 13.1. The highest BCUT2D eigenvalue weighted by Crippen LogP contribution is 2.33. The Labute approximate surface area is 104 Å². The van der Waals surface area contributed by atoms with Gasteiger partial charge in [-0.1, -0.05) is 0 Å². The van der Waals surface area contributed by atoms with Gasteiger partial charge in [0, 0.05) is 18.1 Å². The molecule has 1 fully saturated rings. The van der Waals surface area contributed by atoms with Gasteiger partial charge in [0.2, 0.25) is 0 Å². The lowest BCUT2D eigenvalue weighted by Gasteiger charge is -2.24. The van der Waals surface area contributed by atoms with Crippen LogP contribution in [0.25, 0.3) is 0 Å². The average molecular weight is 255 g/mol. The molecular formula is C12H14FNO4. The van der Waals surface area contributed by atoms with Gasteiger partial charge >= 0.3 is 6.09 Å². The van der Waals surface area contributed by atoms with Gasteiger partial charge in [-0.2, -0.15) is 0 Å². The Morgan fingerprint density at radius 1 is 1.33 bits per heavy atom. The van der Waals surface area contributed by atoms with Gasteiger partial charge in [-0.3, -0.25) is 0 Å². The molecule has 6 heteroatoms. The SMILES string of the molecule is COc1cc(F)c([C@H]2CCOC(=O)N2)cc1OC.